The van der Waals surface area contributed by atoms with E-state index in [9.17, 15) is 9.59 Å². The number of nitrogens with zero attached hydrogens (tertiary/aromatic N) is 1. The van der Waals surface area contributed by atoms with Gasteiger partial charge >= 0.3 is 0 Å². The van der Waals surface area contributed by atoms with Crippen LogP contribution in [0.2, 0.25) is 0 Å². The van der Waals surface area contributed by atoms with Gasteiger partial charge in [-0.2, -0.15) is 0 Å². The largest absolute Gasteiger partial charge is 0.383 e. The number of hydrogen-bond donors (Lipinski definition) is 2. The summed E-state index contributed by atoms with van der Waals surface area (Å²) in [5.74, 6) is -0.464. The van der Waals surface area contributed by atoms with Gasteiger partial charge in [-0.25, -0.2) is 0 Å². The van der Waals surface area contributed by atoms with E-state index in [0.29, 0.717) is 13.0 Å². The SMILES string of the molecule is COCC(N)C(=O)NC1CCN(c2ccccc2)C1=O.Cl. The average molecular weight is 314 g/mol. The predicted octanol–water partition coefficient (Wildman–Crippen LogP) is 0.304. The Morgan fingerprint density at radius 1 is 1.48 bits per heavy atom. The maximum atomic E-state index is 12.3. The number of methoxy groups -OCH3 is 1. The molecule has 2 unspecified atom stereocenters. The van der Waals surface area contributed by atoms with E-state index in [1.54, 1.807) is 4.90 Å². The maximum absolute atomic E-state index is 12.3. The molecule has 1 heterocycles. The number of halogens is 1. The first-order valence-electron chi connectivity index (χ1n) is 6.55. The third-order valence-corrected chi connectivity index (χ3v) is 3.27. The highest BCUT2D eigenvalue weighted by molar-refractivity contribution is 6.01. The van der Waals surface area contributed by atoms with E-state index in [0.717, 1.165) is 5.69 Å². The van der Waals surface area contributed by atoms with Crippen LogP contribution in [0.1, 0.15) is 6.42 Å². The molecule has 7 heteroatoms. The van der Waals surface area contributed by atoms with Crippen molar-refractivity contribution in [2.24, 2.45) is 5.73 Å². The molecule has 1 aromatic carbocycles. The quantitative estimate of drug-likeness (QED) is 0.819. The van der Waals surface area contributed by atoms with Crippen LogP contribution in [0.25, 0.3) is 0 Å². The number of nitrogens with two attached hydrogens (primary N) is 1. The van der Waals surface area contributed by atoms with Gasteiger partial charge in [-0.05, 0) is 18.6 Å². The van der Waals surface area contributed by atoms with Crippen LogP contribution in [0.15, 0.2) is 30.3 Å². The highest BCUT2D eigenvalue weighted by atomic mass is 35.5. The lowest BCUT2D eigenvalue weighted by atomic mass is 10.2. The molecule has 0 radical (unpaired) electrons. The van der Waals surface area contributed by atoms with Crippen molar-refractivity contribution in [1.29, 1.82) is 0 Å². The summed E-state index contributed by atoms with van der Waals surface area (Å²) in [6, 6.07) is 8.14. The number of benzene rings is 1. The van der Waals surface area contributed by atoms with E-state index in [4.69, 9.17) is 10.5 Å². The van der Waals surface area contributed by atoms with Gasteiger partial charge in [0.1, 0.15) is 12.1 Å². The molecular formula is C14H20ClN3O3. The van der Waals surface area contributed by atoms with E-state index in [2.05, 4.69) is 5.32 Å². The molecule has 0 bridgehead atoms. The molecule has 1 fully saturated rings. The lowest BCUT2D eigenvalue weighted by molar-refractivity contribution is -0.128. The van der Waals surface area contributed by atoms with Crippen LogP contribution < -0.4 is 16.0 Å². The molecule has 3 N–H and O–H groups in total. The van der Waals surface area contributed by atoms with Crippen molar-refractivity contribution < 1.29 is 14.3 Å². The summed E-state index contributed by atoms with van der Waals surface area (Å²) in [4.78, 5) is 25.7. The predicted molar refractivity (Wildman–Crippen MR) is 82.4 cm³/mol. The molecule has 0 spiro atoms. The lowest BCUT2D eigenvalue weighted by Gasteiger charge is -2.18. The zero-order chi connectivity index (χ0) is 14.5. The normalized spacial score (nSPS) is 19.0. The molecule has 2 amide bonds. The molecule has 0 saturated carbocycles. The molecule has 0 aromatic heterocycles. The van der Waals surface area contributed by atoms with Gasteiger partial charge in [0, 0.05) is 19.3 Å². The Hall–Kier alpha value is -1.63. The molecule has 2 rings (SSSR count). The number of nitrogens with one attached hydrogen (secondary N) is 1. The number of carbonyl (C=O) groups excluding carboxylic acids is 2. The summed E-state index contributed by atoms with van der Waals surface area (Å²) in [7, 11) is 1.48. The molecule has 1 saturated heterocycles. The molecule has 116 valence electrons. The van der Waals surface area contributed by atoms with Crippen molar-refractivity contribution in [2.45, 2.75) is 18.5 Å². The maximum Gasteiger partial charge on any atom is 0.249 e. The second-order valence-corrected chi connectivity index (χ2v) is 4.74. The van der Waals surface area contributed by atoms with Crippen LogP contribution in [0.4, 0.5) is 5.69 Å². The number of amides is 2. The van der Waals surface area contributed by atoms with Crippen molar-refractivity contribution in [2.75, 3.05) is 25.2 Å². The number of rotatable bonds is 5. The van der Waals surface area contributed by atoms with Crippen molar-refractivity contribution >= 4 is 29.9 Å². The monoisotopic (exact) mass is 313 g/mol. The van der Waals surface area contributed by atoms with Crippen molar-refractivity contribution in [1.82, 2.24) is 5.32 Å². The number of anilines is 1. The lowest BCUT2D eigenvalue weighted by Crippen LogP contribution is -2.49. The molecule has 0 aliphatic carbocycles. The first-order chi connectivity index (χ1) is 9.63. The third-order valence-electron chi connectivity index (χ3n) is 3.27. The van der Waals surface area contributed by atoms with Crippen LogP contribution >= 0.6 is 12.4 Å². The Kier molecular flexibility index (Phi) is 6.61. The summed E-state index contributed by atoms with van der Waals surface area (Å²) in [5.41, 5.74) is 6.48. The van der Waals surface area contributed by atoms with Crippen molar-refractivity contribution in [3.05, 3.63) is 30.3 Å². The van der Waals surface area contributed by atoms with Crippen LogP contribution in [0, 0.1) is 0 Å². The van der Waals surface area contributed by atoms with Gasteiger partial charge in [0.15, 0.2) is 0 Å². The van der Waals surface area contributed by atoms with Gasteiger partial charge in [0.2, 0.25) is 11.8 Å². The van der Waals surface area contributed by atoms with E-state index in [1.807, 2.05) is 30.3 Å². The highest BCUT2D eigenvalue weighted by Crippen LogP contribution is 2.20. The number of para-hydroxylation sites is 1. The molecule has 1 aliphatic rings. The van der Waals surface area contributed by atoms with Crippen molar-refractivity contribution in [3.8, 4) is 0 Å². The van der Waals surface area contributed by atoms with E-state index in [1.165, 1.54) is 7.11 Å². The summed E-state index contributed by atoms with van der Waals surface area (Å²) in [6.45, 7) is 0.725. The van der Waals surface area contributed by atoms with Crippen molar-refractivity contribution in [3.63, 3.8) is 0 Å². The topological polar surface area (TPSA) is 84.7 Å². The summed E-state index contributed by atoms with van der Waals surface area (Å²) >= 11 is 0. The first-order valence-corrected chi connectivity index (χ1v) is 6.55. The van der Waals surface area contributed by atoms with Gasteiger partial charge in [0.05, 0.1) is 6.61 Å². The Morgan fingerprint density at radius 2 is 2.14 bits per heavy atom. The zero-order valence-electron chi connectivity index (χ0n) is 11.8. The minimum Gasteiger partial charge on any atom is -0.383 e. The van der Waals surface area contributed by atoms with Gasteiger partial charge in [0.25, 0.3) is 0 Å². The second kappa shape index (κ2) is 7.97. The van der Waals surface area contributed by atoms with Crippen LogP contribution in [-0.2, 0) is 14.3 Å². The first kappa shape index (κ1) is 17.4. The fraction of sp³-hybridized carbons (Fsp3) is 0.429. The molecule has 1 aliphatic heterocycles. The standard InChI is InChI=1S/C14H19N3O3.ClH/c1-20-9-11(15)13(18)16-12-7-8-17(14(12)19)10-5-3-2-4-6-10;/h2-6,11-12H,7-9,15H2,1H3,(H,16,18);1H. The third kappa shape index (κ3) is 4.17. The molecule has 2 atom stereocenters. The van der Waals surface area contributed by atoms with E-state index >= 15 is 0 Å². The highest BCUT2D eigenvalue weighted by Gasteiger charge is 2.34. The van der Waals surface area contributed by atoms with Gasteiger partial charge in [-0.15, -0.1) is 12.4 Å². The molecule has 1 aromatic rings. The Morgan fingerprint density at radius 3 is 2.76 bits per heavy atom. The van der Waals surface area contributed by atoms with Gasteiger partial charge in [-0.3, -0.25) is 9.59 Å². The molecule has 6 nitrogen and oxygen atoms in total. The molecule has 21 heavy (non-hydrogen) atoms. The fourth-order valence-corrected chi connectivity index (χ4v) is 2.21. The Bertz CT molecular complexity index is 484. The number of hydrogen-bond acceptors (Lipinski definition) is 4. The van der Waals surface area contributed by atoms with Crippen LogP contribution in [0.3, 0.4) is 0 Å². The number of carbonyl (C=O) groups is 2. The minimum atomic E-state index is -0.751. The van der Waals surface area contributed by atoms with Crippen LogP contribution in [0.5, 0.6) is 0 Å². The number of ether oxygens (including phenoxy) is 1. The van der Waals surface area contributed by atoms with E-state index < -0.39 is 12.1 Å². The van der Waals surface area contributed by atoms with Gasteiger partial charge < -0.3 is 20.7 Å². The van der Waals surface area contributed by atoms with Gasteiger partial charge in [-0.1, -0.05) is 18.2 Å². The Labute approximate surface area is 130 Å². The Balaban J connectivity index is 0.00000220. The molecular weight excluding hydrogens is 294 g/mol. The second-order valence-electron chi connectivity index (χ2n) is 4.74. The van der Waals surface area contributed by atoms with Crippen LogP contribution in [-0.4, -0.2) is 44.2 Å². The van der Waals surface area contributed by atoms with E-state index in [-0.39, 0.29) is 30.8 Å². The summed E-state index contributed by atoms with van der Waals surface area (Å²) < 4.78 is 4.83. The summed E-state index contributed by atoms with van der Waals surface area (Å²) in [5, 5.41) is 2.68. The smallest absolute Gasteiger partial charge is 0.249 e. The minimum absolute atomic E-state index is 0. The average Bonchev–Trinajstić information content (AvgIpc) is 2.81. The summed E-state index contributed by atoms with van der Waals surface area (Å²) in [6.07, 6.45) is 0.583. The fourth-order valence-electron chi connectivity index (χ4n) is 2.21. The zero-order valence-corrected chi connectivity index (χ0v) is 12.6.